The van der Waals surface area contributed by atoms with Gasteiger partial charge in [-0.05, 0) is 61.8 Å². The molecular formula is C22H29FN2O2. The molecule has 0 aliphatic rings. The van der Waals surface area contributed by atoms with E-state index in [2.05, 4.69) is 19.2 Å². The van der Waals surface area contributed by atoms with Crippen molar-refractivity contribution in [1.82, 2.24) is 10.2 Å². The van der Waals surface area contributed by atoms with Crippen LogP contribution in [0.5, 0.6) is 5.75 Å². The smallest absolute Gasteiger partial charge is 0.258 e. The molecule has 1 amide bonds. The van der Waals surface area contributed by atoms with Gasteiger partial charge in [0, 0.05) is 6.54 Å². The molecule has 5 heteroatoms. The van der Waals surface area contributed by atoms with Crippen LogP contribution in [-0.2, 0) is 4.79 Å². The molecule has 2 aromatic rings. The third-order valence-corrected chi connectivity index (χ3v) is 4.50. The van der Waals surface area contributed by atoms with E-state index in [0.29, 0.717) is 12.5 Å². The fourth-order valence-electron chi connectivity index (χ4n) is 2.96. The van der Waals surface area contributed by atoms with E-state index in [1.807, 2.05) is 50.2 Å². The molecule has 0 saturated carbocycles. The highest BCUT2D eigenvalue weighted by Gasteiger charge is 2.16. The number of carbonyl (C=O) groups is 1. The molecule has 2 rings (SSSR count). The van der Waals surface area contributed by atoms with Gasteiger partial charge in [-0.3, -0.25) is 4.79 Å². The first-order valence-corrected chi connectivity index (χ1v) is 9.20. The van der Waals surface area contributed by atoms with Gasteiger partial charge in [-0.2, -0.15) is 0 Å². The summed E-state index contributed by atoms with van der Waals surface area (Å²) in [5.74, 6) is 0.577. The first kappa shape index (κ1) is 20.9. The number of ether oxygens (including phenoxy) is 1. The summed E-state index contributed by atoms with van der Waals surface area (Å²) >= 11 is 0. The van der Waals surface area contributed by atoms with Crippen LogP contribution in [0.25, 0.3) is 0 Å². The van der Waals surface area contributed by atoms with Crippen LogP contribution in [0.2, 0.25) is 0 Å². The van der Waals surface area contributed by atoms with Crippen LogP contribution in [0, 0.1) is 12.7 Å². The van der Waals surface area contributed by atoms with E-state index in [1.165, 1.54) is 12.1 Å². The van der Waals surface area contributed by atoms with Crippen molar-refractivity contribution in [3.8, 4) is 5.75 Å². The number of benzene rings is 2. The minimum Gasteiger partial charge on any atom is -0.483 e. The second-order valence-corrected chi connectivity index (χ2v) is 7.32. The zero-order valence-corrected chi connectivity index (χ0v) is 16.8. The highest BCUT2D eigenvalue weighted by molar-refractivity contribution is 5.77. The van der Waals surface area contributed by atoms with Crippen molar-refractivity contribution in [2.24, 2.45) is 0 Å². The summed E-state index contributed by atoms with van der Waals surface area (Å²) in [5, 5.41) is 2.89. The Labute approximate surface area is 161 Å². The van der Waals surface area contributed by atoms with Crippen LogP contribution < -0.4 is 10.1 Å². The molecule has 0 saturated heterocycles. The average Bonchev–Trinajstić information content (AvgIpc) is 2.59. The lowest BCUT2D eigenvalue weighted by atomic mass is 10.0. The molecule has 0 heterocycles. The van der Waals surface area contributed by atoms with Gasteiger partial charge in [-0.25, -0.2) is 4.39 Å². The minimum atomic E-state index is -0.283. The number of rotatable bonds is 8. The normalized spacial score (nSPS) is 12.3. The van der Waals surface area contributed by atoms with Crippen LogP contribution in [0.4, 0.5) is 4.39 Å². The van der Waals surface area contributed by atoms with Gasteiger partial charge < -0.3 is 15.0 Å². The van der Waals surface area contributed by atoms with Crippen LogP contribution in [0.1, 0.15) is 42.5 Å². The van der Waals surface area contributed by atoms with Gasteiger partial charge in [0.05, 0.1) is 6.04 Å². The molecule has 146 valence electrons. The predicted octanol–water partition coefficient (Wildman–Crippen LogP) is 4.06. The topological polar surface area (TPSA) is 41.6 Å². The van der Waals surface area contributed by atoms with Gasteiger partial charge in [-0.1, -0.05) is 38.1 Å². The molecule has 27 heavy (non-hydrogen) atoms. The largest absolute Gasteiger partial charge is 0.483 e. The Balaban J connectivity index is 1.96. The fourth-order valence-corrected chi connectivity index (χ4v) is 2.96. The summed E-state index contributed by atoms with van der Waals surface area (Å²) in [5.41, 5.74) is 3.00. The molecule has 0 bridgehead atoms. The lowest BCUT2D eigenvalue weighted by Crippen LogP contribution is -2.37. The number of amides is 1. The lowest BCUT2D eigenvalue weighted by molar-refractivity contribution is -0.123. The summed E-state index contributed by atoms with van der Waals surface area (Å²) in [6, 6.07) is 12.4. The Morgan fingerprint density at radius 1 is 1.19 bits per heavy atom. The molecule has 0 radical (unpaired) electrons. The lowest BCUT2D eigenvalue weighted by Gasteiger charge is -2.25. The maximum Gasteiger partial charge on any atom is 0.258 e. The molecule has 0 aromatic heterocycles. The summed E-state index contributed by atoms with van der Waals surface area (Å²) in [6.45, 7) is 6.52. The van der Waals surface area contributed by atoms with Gasteiger partial charge in [-0.15, -0.1) is 0 Å². The number of aryl methyl sites for hydroxylation is 1. The van der Waals surface area contributed by atoms with Gasteiger partial charge >= 0.3 is 0 Å². The van der Waals surface area contributed by atoms with E-state index in [9.17, 15) is 9.18 Å². The van der Waals surface area contributed by atoms with Gasteiger partial charge in [0.25, 0.3) is 5.91 Å². The molecular weight excluding hydrogens is 343 g/mol. The second kappa shape index (κ2) is 9.51. The van der Waals surface area contributed by atoms with Crippen LogP contribution in [-0.4, -0.2) is 38.1 Å². The van der Waals surface area contributed by atoms with Crippen LogP contribution in [0.3, 0.4) is 0 Å². The molecule has 0 fully saturated rings. The maximum absolute atomic E-state index is 13.5. The Hall–Kier alpha value is -2.40. The first-order valence-electron chi connectivity index (χ1n) is 9.20. The number of likely N-dealkylation sites (N-methyl/N-ethyl adjacent to an activating group) is 1. The molecule has 0 spiro atoms. The highest BCUT2D eigenvalue weighted by Crippen LogP contribution is 2.27. The number of hydrogen-bond acceptors (Lipinski definition) is 3. The molecule has 1 N–H and O–H groups in total. The third-order valence-electron chi connectivity index (χ3n) is 4.50. The molecule has 4 nitrogen and oxygen atoms in total. The molecule has 1 unspecified atom stereocenters. The zero-order chi connectivity index (χ0) is 20.0. The van der Waals surface area contributed by atoms with Gasteiger partial charge in [0.2, 0.25) is 0 Å². The first-order chi connectivity index (χ1) is 12.8. The van der Waals surface area contributed by atoms with E-state index in [0.717, 1.165) is 22.4 Å². The van der Waals surface area contributed by atoms with Crippen molar-refractivity contribution in [3.05, 3.63) is 65.0 Å². The van der Waals surface area contributed by atoms with E-state index < -0.39 is 0 Å². The number of nitrogens with one attached hydrogen (secondary N) is 1. The predicted molar refractivity (Wildman–Crippen MR) is 107 cm³/mol. The van der Waals surface area contributed by atoms with Crippen molar-refractivity contribution in [3.63, 3.8) is 0 Å². The SMILES string of the molecule is Cc1ccc(C(C)C)c(OCC(=O)NCC(c2cccc(F)c2)N(C)C)c1. The molecule has 2 aromatic carbocycles. The molecule has 0 aliphatic carbocycles. The number of hydrogen-bond donors (Lipinski definition) is 1. The van der Waals surface area contributed by atoms with Crippen molar-refractivity contribution >= 4 is 5.91 Å². The monoisotopic (exact) mass is 372 g/mol. The van der Waals surface area contributed by atoms with Crippen molar-refractivity contribution in [2.45, 2.75) is 32.7 Å². The van der Waals surface area contributed by atoms with Crippen molar-refractivity contribution in [2.75, 3.05) is 27.2 Å². The average molecular weight is 372 g/mol. The van der Waals surface area contributed by atoms with Crippen molar-refractivity contribution < 1.29 is 13.9 Å². The van der Waals surface area contributed by atoms with Crippen LogP contribution in [0.15, 0.2) is 42.5 Å². The Morgan fingerprint density at radius 2 is 1.93 bits per heavy atom. The van der Waals surface area contributed by atoms with Gasteiger partial charge in [0.1, 0.15) is 11.6 Å². The standard InChI is InChI=1S/C22H29FN2O2/c1-15(2)19-10-9-16(3)11-21(19)27-14-22(26)24-13-20(25(4)5)17-7-6-8-18(23)12-17/h6-12,15,20H,13-14H2,1-5H3,(H,24,26). The second-order valence-electron chi connectivity index (χ2n) is 7.32. The van der Waals surface area contributed by atoms with Crippen molar-refractivity contribution in [1.29, 1.82) is 0 Å². The quantitative estimate of drug-likeness (QED) is 0.760. The Morgan fingerprint density at radius 3 is 2.56 bits per heavy atom. The Kier molecular flexibility index (Phi) is 7.36. The molecule has 0 aliphatic heterocycles. The summed E-state index contributed by atoms with van der Waals surface area (Å²) < 4.78 is 19.3. The summed E-state index contributed by atoms with van der Waals surface area (Å²) in [6.07, 6.45) is 0. The number of halogens is 1. The number of carbonyl (C=O) groups excluding carboxylic acids is 1. The van der Waals surface area contributed by atoms with E-state index in [-0.39, 0.29) is 24.4 Å². The zero-order valence-electron chi connectivity index (χ0n) is 16.8. The van der Waals surface area contributed by atoms with E-state index in [1.54, 1.807) is 6.07 Å². The van der Waals surface area contributed by atoms with Crippen LogP contribution >= 0.6 is 0 Å². The number of nitrogens with zero attached hydrogens (tertiary/aromatic N) is 1. The van der Waals surface area contributed by atoms with Gasteiger partial charge in [0.15, 0.2) is 6.61 Å². The van der Waals surface area contributed by atoms with E-state index in [4.69, 9.17) is 4.74 Å². The maximum atomic E-state index is 13.5. The third kappa shape index (κ3) is 6.07. The summed E-state index contributed by atoms with van der Waals surface area (Å²) in [7, 11) is 3.81. The van der Waals surface area contributed by atoms with E-state index >= 15 is 0 Å². The minimum absolute atomic E-state index is 0.0491. The fraction of sp³-hybridized carbons (Fsp3) is 0.409. The highest BCUT2D eigenvalue weighted by atomic mass is 19.1. The Bertz CT molecular complexity index is 775. The summed E-state index contributed by atoms with van der Waals surface area (Å²) in [4.78, 5) is 14.2. The molecule has 1 atom stereocenters.